The molecule has 7 aromatic carbocycles. The Morgan fingerprint density at radius 3 is 1.81 bits per heavy atom. The number of hydrogen-bond acceptors (Lipinski definition) is 0. The van der Waals surface area contributed by atoms with E-state index in [1.165, 1.54) is 88.0 Å². The van der Waals surface area contributed by atoms with Crippen LogP contribution in [-0.4, -0.2) is 4.57 Å². The first-order chi connectivity index (χ1) is 20.7. The lowest BCUT2D eigenvalue weighted by Gasteiger charge is -2.17. The fraction of sp³-hybridized carbons (Fsp3) is 0.0732. The van der Waals surface area contributed by atoms with Gasteiger partial charge in [-0.25, -0.2) is 0 Å². The summed E-state index contributed by atoms with van der Waals surface area (Å²) in [6, 6.07) is 45.3. The van der Waals surface area contributed by atoms with Crippen LogP contribution in [0.1, 0.15) is 23.2 Å². The van der Waals surface area contributed by atoms with E-state index in [4.69, 9.17) is 0 Å². The normalized spacial score (nSPS) is 13.1. The number of fused-ring (bicyclic) bond motifs is 3. The summed E-state index contributed by atoms with van der Waals surface area (Å²) in [5.74, 6) is 0. The van der Waals surface area contributed by atoms with Gasteiger partial charge in [-0.1, -0.05) is 115 Å². The van der Waals surface area contributed by atoms with Crippen molar-refractivity contribution >= 4 is 49.3 Å². The largest absolute Gasteiger partial charge is 0.310 e. The Morgan fingerprint density at radius 2 is 1.14 bits per heavy atom. The summed E-state index contributed by atoms with van der Waals surface area (Å²) in [6.45, 7) is 2.15. The van der Waals surface area contributed by atoms with E-state index >= 15 is 0 Å². The molecule has 42 heavy (non-hydrogen) atoms. The van der Waals surface area contributed by atoms with Gasteiger partial charge in [0.05, 0.1) is 5.52 Å². The molecule has 8 aromatic rings. The van der Waals surface area contributed by atoms with E-state index in [1.807, 2.05) is 0 Å². The van der Waals surface area contributed by atoms with Crippen LogP contribution in [0.4, 0.5) is 0 Å². The molecule has 0 unspecified atom stereocenters. The summed E-state index contributed by atoms with van der Waals surface area (Å²) >= 11 is 0. The second kappa shape index (κ2) is 8.93. The zero-order valence-corrected chi connectivity index (χ0v) is 23.6. The van der Waals surface area contributed by atoms with Crippen LogP contribution in [0.15, 0.2) is 127 Å². The number of aromatic nitrogens is 1. The first-order valence-corrected chi connectivity index (χ1v) is 14.9. The average molecular weight is 536 g/mol. The highest BCUT2D eigenvalue weighted by Gasteiger charge is 2.19. The van der Waals surface area contributed by atoms with E-state index in [0.29, 0.717) is 0 Å². The molecule has 1 aliphatic rings. The highest BCUT2D eigenvalue weighted by atomic mass is 15.0. The van der Waals surface area contributed by atoms with Gasteiger partial charge in [-0.3, -0.25) is 0 Å². The van der Waals surface area contributed by atoms with Gasteiger partial charge in [0.25, 0.3) is 0 Å². The zero-order chi connectivity index (χ0) is 27.8. The molecule has 0 spiro atoms. The third kappa shape index (κ3) is 3.37. The van der Waals surface area contributed by atoms with Gasteiger partial charge in [-0.15, -0.1) is 0 Å². The van der Waals surface area contributed by atoms with Crippen molar-refractivity contribution in [2.75, 3.05) is 0 Å². The van der Waals surface area contributed by atoms with Crippen LogP contribution in [-0.2, 0) is 6.42 Å². The monoisotopic (exact) mass is 535 g/mol. The molecule has 198 valence electrons. The molecule has 1 nitrogen and oxygen atoms in total. The third-order valence-corrected chi connectivity index (χ3v) is 9.32. The van der Waals surface area contributed by atoms with Crippen LogP contribution >= 0.6 is 0 Å². The molecule has 1 aromatic heterocycles. The van der Waals surface area contributed by atoms with Gasteiger partial charge in [0.1, 0.15) is 0 Å². The van der Waals surface area contributed by atoms with Gasteiger partial charge in [-0.05, 0) is 104 Å². The van der Waals surface area contributed by atoms with Crippen molar-refractivity contribution < 1.29 is 0 Å². The van der Waals surface area contributed by atoms with Crippen molar-refractivity contribution in [3.8, 4) is 27.9 Å². The number of hydrogen-bond donors (Lipinski definition) is 0. The molecule has 0 aliphatic heterocycles. The lowest BCUT2D eigenvalue weighted by molar-refractivity contribution is 0.967. The Bertz CT molecular complexity index is 2330. The van der Waals surface area contributed by atoms with Crippen molar-refractivity contribution in [2.45, 2.75) is 19.8 Å². The summed E-state index contributed by atoms with van der Waals surface area (Å²) in [4.78, 5) is 0. The Morgan fingerprint density at radius 1 is 0.548 bits per heavy atom. The summed E-state index contributed by atoms with van der Waals surface area (Å²) in [5, 5.41) is 9.31. The number of aryl methyl sites for hydroxylation is 2. The van der Waals surface area contributed by atoms with Crippen LogP contribution in [0, 0.1) is 6.92 Å². The highest BCUT2D eigenvalue weighted by molar-refractivity contribution is 6.27. The summed E-state index contributed by atoms with van der Waals surface area (Å²) in [7, 11) is 0. The zero-order valence-electron chi connectivity index (χ0n) is 23.6. The molecule has 0 amide bonds. The van der Waals surface area contributed by atoms with Crippen molar-refractivity contribution in [3.63, 3.8) is 0 Å². The summed E-state index contributed by atoms with van der Waals surface area (Å²) in [5.41, 5.74) is 11.7. The van der Waals surface area contributed by atoms with E-state index in [0.717, 1.165) is 12.8 Å². The molecule has 0 saturated carbocycles. The summed E-state index contributed by atoms with van der Waals surface area (Å²) in [6.07, 6.45) is 6.83. The molecular weight excluding hydrogens is 506 g/mol. The predicted molar refractivity (Wildman–Crippen MR) is 180 cm³/mol. The standard InChI is InChI=1S/C41H29N/c1-26-10-12-27(13-11-26)32-22-16-29-19-25-37-33(23-17-30-18-24-36(32)40(29)41(30)37)28-14-20-31(21-15-28)42-38-8-4-2-6-34(38)35-7-3-5-9-39(35)42/h2,4-6,8-25H,3,7H2,1H3. The maximum Gasteiger partial charge on any atom is 0.0537 e. The minimum absolute atomic E-state index is 1.10. The van der Waals surface area contributed by atoms with Gasteiger partial charge >= 0.3 is 0 Å². The van der Waals surface area contributed by atoms with Gasteiger partial charge < -0.3 is 4.57 Å². The topological polar surface area (TPSA) is 4.93 Å². The molecule has 0 radical (unpaired) electrons. The predicted octanol–water partition coefficient (Wildman–Crippen LogP) is 11.1. The van der Waals surface area contributed by atoms with E-state index in [2.05, 4.69) is 145 Å². The van der Waals surface area contributed by atoms with Crippen molar-refractivity contribution in [2.24, 2.45) is 0 Å². The lowest BCUT2D eigenvalue weighted by Crippen LogP contribution is -2.00. The fourth-order valence-electron chi connectivity index (χ4n) is 7.29. The Hall–Kier alpha value is -5.14. The number of rotatable bonds is 3. The molecule has 0 N–H and O–H groups in total. The van der Waals surface area contributed by atoms with E-state index in [1.54, 1.807) is 0 Å². The molecule has 0 saturated heterocycles. The van der Waals surface area contributed by atoms with E-state index < -0.39 is 0 Å². The average Bonchev–Trinajstić information content (AvgIpc) is 3.38. The maximum absolute atomic E-state index is 2.43. The third-order valence-electron chi connectivity index (χ3n) is 9.32. The molecule has 9 rings (SSSR count). The molecule has 0 bridgehead atoms. The molecule has 0 fully saturated rings. The molecular formula is C41H29N. The second-order valence-corrected chi connectivity index (χ2v) is 11.7. The minimum atomic E-state index is 1.10. The molecule has 0 atom stereocenters. The van der Waals surface area contributed by atoms with Crippen molar-refractivity contribution in [1.29, 1.82) is 0 Å². The van der Waals surface area contributed by atoms with Gasteiger partial charge in [0.15, 0.2) is 0 Å². The number of benzene rings is 7. The number of allylic oxidation sites excluding steroid dienone is 1. The van der Waals surface area contributed by atoms with Gasteiger partial charge in [0.2, 0.25) is 0 Å². The van der Waals surface area contributed by atoms with Crippen LogP contribution in [0.3, 0.4) is 0 Å². The summed E-state index contributed by atoms with van der Waals surface area (Å²) < 4.78 is 2.43. The van der Waals surface area contributed by atoms with Gasteiger partial charge in [0, 0.05) is 16.8 Å². The quantitative estimate of drug-likeness (QED) is 0.198. The smallest absolute Gasteiger partial charge is 0.0537 e. The maximum atomic E-state index is 2.43. The second-order valence-electron chi connectivity index (χ2n) is 11.7. The SMILES string of the molecule is Cc1ccc(-c2ccc3ccc4c(-c5ccc(-n6c7c(c8ccccc86)CCC=C7)cc5)ccc5ccc2c3c54)cc1. The highest BCUT2D eigenvalue weighted by Crippen LogP contribution is 2.42. The van der Waals surface area contributed by atoms with Crippen molar-refractivity contribution in [3.05, 3.63) is 144 Å². The van der Waals surface area contributed by atoms with E-state index in [9.17, 15) is 0 Å². The first-order valence-electron chi connectivity index (χ1n) is 14.9. The van der Waals surface area contributed by atoms with E-state index in [-0.39, 0.29) is 0 Å². The Balaban J connectivity index is 1.22. The minimum Gasteiger partial charge on any atom is -0.310 e. The van der Waals surface area contributed by atoms with Crippen LogP contribution < -0.4 is 0 Å². The van der Waals surface area contributed by atoms with Crippen molar-refractivity contribution in [1.82, 2.24) is 4.57 Å². The van der Waals surface area contributed by atoms with Crippen LogP contribution in [0.5, 0.6) is 0 Å². The van der Waals surface area contributed by atoms with Crippen LogP contribution in [0.25, 0.3) is 77.2 Å². The Labute approximate surface area is 245 Å². The Kier molecular flexibility index (Phi) is 5.01. The molecule has 1 aliphatic carbocycles. The number of para-hydroxylation sites is 1. The van der Waals surface area contributed by atoms with Crippen LogP contribution in [0.2, 0.25) is 0 Å². The lowest BCUT2D eigenvalue weighted by atomic mass is 9.87. The molecule has 1 heterocycles. The number of nitrogens with zero attached hydrogens (tertiary/aromatic N) is 1. The molecule has 1 heteroatoms. The fourth-order valence-corrected chi connectivity index (χ4v) is 7.29. The first kappa shape index (κ1) is 23.6. The van der Waals surface area contributed by atoms with Gasteiger partial charge in [-0.2, -0.15) is 0 Å².